The number of pyridine rings is 1. The van der Waals surface area contributed by atoms with Gasteiger partial charge in [0.15, 0.2) is 11.2 Å². The first-order valence-corrected chi connectivity index (χ1v) is 6.33. The normalized spacial score (nSPS) is 11.5. The monoisotopic (exact) mass is 249 g/mol. The molecule has 2 heterocycles. The van der Waals surface area contributed by atoms with Gasteiger partial charge in [-0.05, 0) is 37.6 Å². The van der Waals surface area contributed by atoms with Crippen LogP contribution in [0.25, 0.3) is 11.2 Å². The maximum absolute atomic E-state index is 11.6. The molecule has 0 aromatic carbocycles. The highest BCUT2D eigenvalue weighted by Gasteiger charge is 2.08. The van der Waals surface area contributed by atoms with Gasteiger partial charge in [-0.25, -0.2) is 9.78 Å². The van der Waals surface area contributed by atoms with Gasteiger partial charge in [-0.15, -0.1) is 0 Å². The Bertz CT molecular complexity index is 557. The molecule has 0 aliphatic carbocycles. The van der Waals surface area contributed by atoms with Crippen molar-refractivity contribution in [2.24, 2.45) is 5.92 Å². The molecular weight excluding hydrogens is 230 g/mol. The molecule has 0 aliphatic rings. The molecule has 5 heteroatoms. The molecule has 0 bridgehead atoms. The van der Waals surface area contributed by atoms with Crippen molar-refractivity contribution in [2.75, 3.05) is 13.1 Å². The minimum atomic E-state index is -0.326. The second-order valence-electron chi connectivity index (χ2n) is 4.80. The predicted molar refractivity (Wildman–Crippen MR) is 70.6 cm³/mol. The van der Waals surface area contributed by atoms with Crippen LogP contribution in [-0.4, -0.2) is 22.6 Å². The molecule has 0 radical (unpaired) electrons. The average molecular weight is 249 g/mol. The first-order chi connectivity index (χ1) is 8.68. The summed E-state index contributed by atoms with van der Waals surface area (Å²) < 4.78 is 6.71. The van der Waals surface area contributed by atoms with Crippen molar-refractivity contribution in [3.05, 3.63) is 28.9 Å². The van der Waals surface area contributed by atoms with E-state index in [1.807, 2.05) is 0 Å². The smallest absolute Gasteiger partial charge is 0.406 e. The SMILES string of the molecule is CC(C)CNCCCn1c(=O)oc2cccnc21. The molecule has 0 aliphatic heterocycles. The van der Waals surface area contributed by atoms with Crippen LogP contribution in [0, 0.1) is 5.92 Å². The maximum atomic E-state index is 11.6. The van der Waals surface area contributed by atoms with E-state index in [1.165, 1.54) is 0 Å². The van der Waals surface area contributed by atoms with Crippen molar-refractivity contribution < 1.29 is 4.42 Å². The predicted octanol–water partition coefficient (Wildman–Crippen LogP) is 1.63. The van der Waals surface area contributed by atoms with E-state index in [-0.39, 0.29) is 5.76 Å². The van der Waals surface area contributed by atoms with Crippen LogP contribution >= 0.6 is 0 Å². The first-order valence-electron chi connectivity index (χ1n) is 6.33. The highest BCUT2D eigenvalue weighted by molar-refractivity contribution is 5.67. The number of hydrogen-bond donors (Lipinski definition) is 1. The second kappa shape index (κ2) is 5.82. The number of nitrogens with one attached hydrogen (secondary N) is 1. The van der Waals surface area contributed by atoms with Gasteiger partial charge >= 0.3 is 5.76 Å². The van der Waals surface area contributed by atoms with Crippen molar-refractivity contribution in [3.63, 3.8) is 0 Å². The van der Waals surface area contributed by atoms with Crippen LogP contribution in [0.15, 0.2) is 27.5 Å². The largest absolute Gasteiger partial charge is 0.421 e. The molecule has 0 spiro atoms. The molecular formula is C13H19N3O2. The van der Waals surface area contributed by atoms with Crippen LogP contribution in [-0.2, 0) is 6.54 Å². The number of nitrogens with zero attached hydrogens (tertiary/aromatic N) is 2. The zero-order valence-corrected chi connectivity index (χ0v) is 10.8. The summed E-state index contributed by atoms with van der Waals surface area (Å²) in [6, 6.07) is 3.52. The number of fused-ring (bicyclic) bond motifs is 1. The van der Waals surface area contributed by atoms with E-state index in [0.717, 1.165) is 19.5 Å². The topological polar surface area (TPSA) is 60.1 Å². The van der Waals surface area contributed by atoms with Crippen molar-refractivity contribution in [2.45, 2.75) is 26.8 Å². The second-order valence-corrected chi connectivity index (χ2v) is 4.80. The highest BCUT2D eigenvalue weighted by Crippen LogP contribution is 2.08. The molecule has 18 heavy (non-hydrogen) atoms. The Morgan fingerprint density at radius 1 is 1.50 bits per heavy atom. The number of hydrogen-bond acceptors (Lipinski definition) is 4. The van der Waals surface area contributed by atoms with E-state index >= 15 is 0 Å². The Kier molecular flexibility index (Phi) is 4.15. The lowest BCUT2D eigenvalue weighted by Gasteiger charge is -2.07. The molecule has 2 aromatic rings. The molecule has 1 N–H and O–H groups in total. The lowest BCUT2D eigenvalue weighted by atomic mass is 10.2. The van der Waals surface area contributed by atoms with E-state index in [1.54, 1.807) is 22.9 Å². The van der Waals surface area contributed by atoms with Gasteiger partial charge in [-0.3, -0.25) is 4.57 Å². The van der Waals surface area contributed by atoms with Crippen molar-refractivity contribution in [1.82, 2.24) is 14.9 Å². The molecule has 0 fully saturated rings. The lowest BCUT2D eigenvalue weighted by Crippen LogP contribution is -2.23. The summed E-state index contributed by atoms with van der Waals surface area (Å²) >= 11 is 0. The minimum Gasteiger partial charge on any atom is -0.406 e. The highest BCUT2D eigenvalue weighted by atomic mass is 16.4. The third-order valence-electron chi connectivity index (χ3n) is 2.71. The van der Waals surface area contributed by atoms with Crippen LogP contribution in [0.2, 0.25) is 0 Å². The quantitative estimate of drug-likeness (QED) is 0.790. The van der Waals surface area contributed by atoms with E-state index in [9.17, 15) is 4.79 Å². The third kappa shape index (κ3) is 2.98. The van der Waals surface area contributed by atoms with E-state index < -0.39 is 0 Å². The van der Waals surface area contributed by atoms with Gasteiger partial charge in [0.1, 0.15) is 0 Å². The Hall–Kier alpha value is -1.62. The summed E-state index contributed by atoms with van der Waals surface area (Å²) in [5, 5.41) is 3.35. The number of aryl methyl sites for hydroxylation is 1. The van der Waals surface area contributed by atoms with Crippen LogP contribution in [0.3, 0.4) is 0 Å². The molecule has 0 atom stereocenters. The summed E-state index contributed by atoms with van der Waals surface area (Å²) in [7, 11) is 0. The molecule has 0 unspecified atom stereocenters. The van der Waals surface area contributed by atoms with E-state index in [4.69, 9.17) is 4.42 Å². The Morgan fingerprint density at radius 2 is 2.33 bits per heavy atom. The summed E-state index contributed by atoms with van der Waals surface area (Å²) in [6.07, 6.45) is 2.56. The van der Waals surface area contributed by atoms with Gasteiger partial charge in [-0.1, -0.05) is 13.8 Å². The van der Waals surface area contributed by atoms with Crippen LogP contribution < -0.4 is 11.1 Å². The Morgan fingerprint density at radius 3 is 3.11 bits per heavy atom. The van der Waals surface area contributed by atoms with Gasteiger partial charge in [0.05, 0.1) is 0 Å². The molecule has 0 saturated carbocycles. The van der Waals surface area contributed by atoms with Gasteiger partial charge in [0.25, 0.3) is 0 Å². The first kappa shape index (κ1) is 12.8. The summed E-state index contributed by atoms with van der Waals surface area (Å²) in [4.78, 5) is 15.8. The number of aromatic nitrogens is 2. The van der Waals surface area contributed by atoms with Crippen molar-refractivity contribution in [1.29, 1.82) is 0 Å². The average Bonchev–Trinajstić information content (AvgIpc) is 2.65. The Balaban J connectivity index is 1.95. The Labute approximate surface area is 106 Å². The fraction of sp³-hybridized carbons (Fsp3) is 0.538. The van der Waals surface area contributed by atoms with Gasteiger partial charge in [0, 0.05) is 12.7 Å². The molecule has 2 rings (SSSR count). The molecule has 98 valence electrons. The summed E-state index contributed by atoms with van der Waals surface area (Å²) in [6.45, 7) is 6.87. The fourth-order valence-electron chi connectivity index (χ4n) is 1.85. The summed E-state index contributed by atoms with van der Waals surface area (Å²) in [5.41, 5.74) is 1.18. The molecule has 5 nitrogen and oxygen atoms in total. The maximum Gasteiger partial charge on any atom is 0.421 e. The van der Waals surface area contributed by atoms with Crippen molar-refractivity contribution >= 4 is 11.2 Å². The molecule has 2 aromatic heterocycles. The molecule has 0 amide bonds. The number of rotatable bonds is 6. The lowest BCUT2D eigenvalue weighted by molar-refractivity contribution is 0.480. The minimum absolute atomic E-state index is 0.326. The zero-order chi connectivity index (χ0) is 13.0. The van der Waals surface area contributed by atoms with Crippen molar-refractivity contribution in [3.8, 4) is 0 Å². The van der Waals surface area contributed by atoms with Crippen LogP contribution in [0.5, 0.6) is 0 Å². The van der Waals surface area contributed by atoms with Crippen LogP contribution in [0.4, 0.5) is 0 Å². The molecule has 0 saturated heterocycles. The third-order valence-corrected chi connectivity index (χ3v) is 2.71. The standard InChI is InChI=1S/C13H19N3O2/c1-10(2)9-14-6-4-8-16-12-11(18-13(16)17)5-3-7-15-12/h3,5,7,10,14H,4,6,8-9H2,1-2H3. The van der Waals surface area contributed by atoms with E-state index in [0.29, 0.717) is 23.7 Å². The summed E-state index contributed by atoms with van der Waals surface area (Å²) in [5.74, 6) is 0.316. The van der Waals surface area contributed by atoms with Gasteiger partial charge < -0.3 is 9.73 Å². The van der Waals surface area contributed by atoms with Gasteiger partial charge in [0.2, 0.25) is 0 Å². The van der Waals surface area contributed by atoms with Crippen LogP contribution in [0.1, 0.15) is 20.3 Å². The van der Waals surface area contributed by atoms with E-state index in [2.05, 4.69) is 24.1 Å². The fourth-order valence-corrected chi connectivity index (χ4v) is 1.85. The van der Waals surface area contributed by atoms with Gasteiger partial charge in [-0.2, -0.15) is 0 Å². The zero-order valence-electron chi connectivity index (χ0n) is 10.8. The number of oxazole rings is 1.